The molecule has 18 nitrogen and oxygen atoms in total. The molecule has 0 amide bonds. The van der Waals surface area contributed by atoms with Crippen molar-refractivity contribution in [2.45, 2.75) is 451 Å². The Morgan fingerprint density at radius 3 is 0.450 bits per heavy atom. The highest BCUT2D eigenvalue weighted by Crippen LogP contribution is 2.43. The number of rotatable bonds is 31. The van der Waals surface area contributed by atoms with Gasteiger partial charge in [-0.3, -0.25) is 0 Å². The van der Waals surface area contributed by atoms with Crippen LogP contribution in [0.3, 0.4) is 0 Å². The molecule has 8 rings (SSSR count). The van der Waals surface area contributed by atoms with Gasteiger partial charge in [0.2, 0.25) is 35.7 Å². The normalized spacial score (nSPS) is 24.7. The predicted molar refractivity (Wildman–Crippen MR) is 428 cm³/mol. The highest BCUT2D eigenvalue weighted by molar-refractivity contribution is 5.51. The van der Waals surface area contributed by atoms with E-state index in [1.165, 1.54) is 0 Å². The van der Waals surface area contributed by atoms with Crippen LogP contribution >= 0.6 is 0 Å². The van der Waals surface area contributed by atoms with Gasteiger partial charge in [-0.1, -0.05) is 66.2 Å². The summed E-state index contributed by atoms with van der Waals surface area (Å²) >= 11 is 0. The smallest absolute Gasteiger partial charge is 0.232 e. The Balaban J connectivity index is 1.21. The van der Waals surface area contributed by atoms with Crippen molar-refractivity contribution in [1.82, 2.24) is 61.8 Å². The second kappa shape index (κ2) is 31.6. The molecule has 0 spiro atoms. The minimum atomic E-state index is -0.0835. The molecule has 6 aliphatic heterocycles. The van der Waals surface area contributed by atoms with Crippen molar-refractivity contribution in [1.29, 1.82) is 0 Å². The van der Waals surface area contributed by atoms with Gasteiger partial charge in [0.25, 0.3) is 0 Å². The fraction of sp³-hybridized carbons (Fsp3) is 0.927. The molecule has 8 heterocycles. The number of hydrogen-bond donors (Lipinski definition) is 6. The van der Waals surface area contributed by atoms with Crippen LogP contribution in [0.4, 0.5) is 35.7 Å². The van der Waals surface area contributed by atoms with Gasteiger partial charge in [-0.25, -0.2) is 0 Å². The summed E-state index contributed by atoms with van der Waals surface area (Å²) in [5, 5.41) is 24.3. The van der Waals surface area contributed by atoms with E-state index in [0.29, 0.717) is 0 Å². The molecule has 2 aromatic heterocycles. The van der Waals surface area contributed by atoms with E-state index in [1.807, 2.05) is 0 Å². The number of unbranched alkanes of at least 4 members (excludes halogenated alkanes) is 7. The summed E-state index contributed by atoms with van der Waals surface area (Å²) in [5.74, 6) is 5.17. The molecule has 0 unspecified atom stereocenters. The second-order valence-corrected chi connectivity index (χ2v) is 41.2. The minimum Gasteiger partial charge on any atom is -0.338 e. The lowest BCUT2D eigenvalue weighted by Crippen LogP contribution is -2.63. The molecule has 0 aromatic carbocycles. The van der Waals surface area contributed by atoms with E-state index in [2.05, 4.69) is 255 Å². The molecule has 2 aromatic rings. The Hall–Kier alpha value is -3.42. The van der Waals surface area contributed by atoms with Crippen LogP contribution in [0.5, 0.6) is 0 Å². The lowest BCUT2D eigenvalue weighted by Gasteiger charge is -2.51. The maximum absolute atomic E-state index is 5.91. The summed E-state index contributed by atoms with van der Waals surface area (Å²) in [5.41, 5.74) is -0.690. The molecule has 574 valence electrons. The first-order valence-electron chi connectivity index (χ1n) is 40.9. The lowest BCUT2D eigenvalue weighted by atomic mass is 9.79. The van der Waals surface area contributed by atoms with Crippen molar-refractivity contribution in [2.24, 2.45) is 0 Å². The molecule has 100 heavy (non-hydrogen) atoms. The van der Waals surface area contributed by atoms with Gasteiger partial charge in [0.1, 0.15) is 0 Å². The molecular formula is C82H156N18. The number of nitrogens with zero attached hydrogens (tertiary/aromatic N) is 12. The van der Waals surface area contributed by atoms with Crippen molar-refractivity contribution in [2.75, 3.05) is 68.7 Å². The largest absolute Gasteiger partial charge is 0.338 e. The monoisotopic (exact) mass is 1390 g/mol. The number of hydrogen-bond acceptors (Lipinski definition) is 18. The van der Waals surface area contributed by atoms with Crippen molar-refractivity contribution < 1.29 is 0 Å². The highest BCUT2D eigenvalue weighted by atomic mass is 15.4. The topological polar surface area (TPSA) is 169 Å². The molecule has 0 radical (unpaired) electrons. The van der Waals surface area contributed by atoms with Gasteiger partial charge in [0.15, 0.2) is 0 Å². The Labute approximate surface area is 613 Å². The zero-order valence-electron chi connectivity index (χ0n) is 70.0. The molecule has 0 atom stereocenters. The van der Waals surface area contributed by atoms with Gasteiger partial charge in [0, 0.05) is 142 Å². The maximum atomic E-state index is 5.91. The van der Waals surface area contributed by atoms with Crippen LogP contribution < -0.4 is 61.3 Å². The van der Waals surface area contributed by atoms with Gasteiger partial charge in [-0.2, -0.15) is 29.9 Å². The fourth-order valence-corrected chi connectivity index (χ4v) is 21.3. The Kier molecular flexibility index (Phi) is 26.0. The predicted octanol–water partition coefficient (Wildman–Crippen LogP) is 16.2. The Bertz CT molecular complexity index is 2500. The first kappa shape index (κ1) is 82.2. The van der Waals surface area contributed by atoms with Crippen LogP contribution in [-0.4, -0.2) is 172 Å². The number of piperidine rings is 6. The third-order valence-corrected chi connectivity index (χ3v) is 23.0. The molecule has 0 bridgehead atoms. The summed E-state index contributed by atoms with van der Waals surface area (Å²) < 4.78 is 0. The van der Waals surface area contributed by atoms with E-state index < -0.39 is 0 Å². The number of anilines is 6. The van der Waals surface area contributed by atoms with Gasteiger partial charge in [-0.15, -0.1) is 0 Å². The van der Waals surface area contributed by atoms with Crippen molar-refractivity contribution >= 4 is 35.7 Å². The summed E-state index contributed by atoms with van der Waals surface area (Å²) in [4.78, 5) is 51.3. The summed E-state index contributed by atoms with van der Waals surface area (Å²) in [7, 11) is 0. The Morgan fingerprint density at radius 1 is 0.210 bits per heavy atom. The first-order valence-corrected chi connectivity index (χ1v) is 40.9. The van der Waals surface area contributed by atoms with Gasteiger partial charge < -0.3 is 61.3 Å². The summed E-state index contributed by atoms with van der Waals surface area (Å²) in [6, 6.07) is 1.53. The average molecular weight is 1390 g/mol. The molecule has 0 aliphatic carbocycles. The lowest BCUT2D eigenvalue weighted by molar-refractivity contribution is 0.155. The molecule has 0 saturated carbocycles. The van der Waals surface area contributed by atoms with Crippen molar-refractivity contribution in [3.63, 3.8) is 0 Å². The van der Waals surface area contributed by atoms with Crippen LogP contribution in [0.1, 0.15) is 348 Å². The third kappa shape index (κ3) is 23.0. The minimum absolute atomic E-state index is 0.0445. The van der Waals surface area contributed by atoms with Crippen LogP contribution in [-0.2, 0) is 0 Å². The van der Waals surface area contributed by atoms with Crippen LogP contribution in [0.25, 0.3) is 0 Å². The average Bonchev–Trinajstić information content (AvgIpc) is 0.759. The highest BCUT2D eigenvalue weighted by Gasteiger charge is 2.49. The van der Waals surface area contributed by atoms with Gasteiger partial charge in [-0.05, 0) is 282 Å². The quantitative estimate of drug-likeness (QED) is 0.0394. The SMILES string of the molecule is CCCCN(c1nc(N(CCCC)C2CC(C)(C)NC(C)(C)C2)nc(N(CCCCCCN(c2nc(N(CCCC)C3CC(C)(C)NC(C)(C)C3)nc(N(CCCC)C3CC(C)(C)NC(C)(C)C3)n2)C2CC(C)(C)NC(C)(C)C2)C2CC(C)(C)NC(C)(C)C2)n1)C1CC(C)(C)NC(C)(C)C1. The van der Waals surface area contributed by atoms with E-state index in [0.717, 1.165) is 229 Å². The van der Waals surface area contributed by atoms with Crippen molar-refractivity contribution in [3.05, 3.63) is 0 Å². The molecule has 6 aliphatic rings. The van der Waals surface area contributed by atoms with E-state index >= 15 is 0 Å². The van der Waals surface area contributed by atoms with E-state index in [-0.39, 0.29) is 103 Å². The molecular weight excluding hydrogens is 1240 g/mol. The molecule has 6 fully saturated rings. The van der Waals surface area contributed by atoms with E-state index in [1.54, 1.807) is 0 Å². The number of aromatic nitrogens is 6. The van der Waals surface area contributed by atoms with Crippen LogP contribution in [0, 0.1) is 0 Å². The van der Waals surface area contributed by atoms with E-state index in [9.17, 15) is 0 Å². The zero-order chi connectivity index (χ0) is 74.1. The Morgan fingerprint density at radius 2 is 0.330 bits per heavy atom. The molecule has 6 N–H and O–H groups in total. The molecule has 6 saturated heterocycles. The van der Waals surface area contributed by atoms with Crippen LogP contribution in [0.15, 0.2) is 0 Å². The van der Waals surface area contributed by atoms with Crippen molar-refractivity contribution in [3.8, 4) is 0 Å². The van der Waals surface area contributed by atoms with E-state index in [4.69, 9.17) is 29.9 Å². The summed E-state index contributed by atoms with van der Waals surface area (Å²) in [6.45, 7) is 72.3. The van der Waals surface area contributed by atoms with Gasteiger partial charge in [0.05, 0.1) is 0 Å². The van der Waals surface area contributed by atoms with Gasteiger partial charge >= 0.3 is 0 Å². The second-order valence-electron chi connectivity index (χ2n) is 41.2. The standard InChI is InChI=1S/C82H156N18/c1-29-33-41-95(59-47-71(5,6)89-72(7,8)48-59)65-83-66(96(42-34-30-2)60-49-73(9,10)90-74(11,12)50-60)86-69(85-65)99(63-55-79(21,22)93-80(23,24)56-63)45-39-37-38-40-46-100(64-57-81(25,26)94-82(27,28)58-64)70-87-67(97(43-35-31-3)61-51-75(13,14)91-76(15,16)52-61)84-68(88-70)98(44-36-32-4)62-53-77(17,18)92-78(19,20)54-62/h59-64,89-94H,29-58H2,1-28H3. The zero-order valence-corrected chi connectivity index (χ0v) is 70.0. The third-order valence-electron chi connectivity index (χ3n) is 23.0. The van der Waals surface area contributed by atoms with Crippen LogP contribution in [0.2, 0.25) is 0 Å². The maximum Gasteiger partial charge on any atom is 0.232 e. The number of nitrogens with one attached hydrogen (secondary N) is 6. The fourth-order valence-electron chi connectivity index (χ4n) is 21.3. The summed E-state index contributed by atoms with van der Waals surface area (Å²) in [6.07, 6.45) is 25.2. The first-order chi connectivity index (χ1) is 46.1. The molecule has 18 heteroatoms.